The summed E-state index contributed by atoms with van der Waals surface area (Å²) in [6, 6.07) is 16.6. The quantitative estimate of drug-likeness (QED) is 0.762. The number of nitrogens with zero attached hydrogens (tertiary/aromatic N) is 1. The number of benzene rings is 2. The van der Waals surface area contributed by atoms with E-state index in [1.54, 1.807) is 42.3 Å². The molecule has 2 aromatic carbocycles. The second kappa shape index (κ2) is 9.27. The van der Waals surface area contributed by atoms with Crippen LogP contribution in [0.25, 0.3) is 0 Å². The van der Waals surface area contributed by atoms with Crippen LogP contribution >= 0.6 is 0 Å². The van der Waals surface area contributed by atoms with E-state index in [1.165, 1.54) is 5.56 Å². The predicted molar refractivity (Wildman–Crippen MR) is 101 cm³/mol. The third kappa shape index (κ3) is 5.49. The first-order valence-electron chi connectivity index (χ1n) is 8.17. The normalized spacial score (nSPS) is 9.96. The maximum absolute atomic E-state index is 12.5. The molecule has 25 heavy (non-hydrogen) atoms. The highest BCUT2D eigenvalue weighted by molar-refractivity contribution is 5.96. The van der Waals surface area contributed by atoms with E-state index in [1.807, 2.05) is 30.3 Å². The molecule has 2 rings (SSSR count). The molecule has 2 N–H and O–H groups in total. The molecular formula is C20H23N3O2. The van der Waals surface area contributed by atoms with Crippen LogP contribution < -0.4 is 10.6 Å². The minimum atomic E-state index is -0.218. The van der Waals surface area contributed by atoms with Gasteiger partial charge in [-0.1, -0.05) is 42.5 Å². The third-order valence-electron chi connectivity index (χ3n) is 3.75. The Morgan fingerprint density at radius 1 is 1.12 bits per heavy atom. The largest absolute Gasteiger partial charge is 0.355 e. The Morgan fingerprint density at radius 3 is 2.56 bits per heavy atom. The molecule has 0 radical (unpaired) electrons. The molecule has 3 amide bonds. The van der Waals surface area contributed by atoms with Crippen LogP contribution in [0, 0.1) is 0 Å². The number of rotatable bonds is 7. The minimum Gasteiger partial charge on any atom is -0.355 e. The maximum Gasteiger partial charge on any atom is 0.322 e. The monoisotopic (exact) mass is 337 g/mol. The molecule has 5 nitrogen and oxygen atoms in total. The molecule has 5 heteroatoms. The first-order chi connectivity index (χ1) is 12.1. The summed E-state index contributed by atoms with van der Waals surface area (Å²) in [6.45, 7) is 4.75. The molecule has 0 fully saturated rings. The molecule has 2 aromatic rings. The summed E-state index contributed by atoms with van der Waals surface area (Å²) in [7, 11) is 1.57. The van der Waals surface area contributed by atoms with Gasteiger partial charge in [0, 0.05) is 31.4 Å². The van der Waals surface area contributed by atoms with Crippen LogP contribution in [0.3, 0.4) is 0 Å². The average Bonchev–Trinajstić information content (AvgIpc) is 2.65. The van der Waals surface area contributed by atoms with Gasteiger partial charge in [-0.2, -0.15) is 0 Å². The molecule has 0 heterocycles. The SMILES string of the molecule is C=CCN(CCc1ccccc1)C(=O)Nc1cccc(C(=O)NC)c1. The van der Waals surface area contributed by atoms with Crippen LogP contribution in [0.2, 0.25) is 0 Å². The fraction of sp³-hybridized carbons (Fsp3) is 0.200. The lowest BCUT2D eigenvalue weighted by atomic mass is 10.1. The lowest BCUT2D eigenvalue weighted by molar-refractivity contribution is 0.0963. The Kier molecular flexibility index (Phi) is 6.77. The number of amides is 3. The van der Waals surface area contributed by atoms with E-state index in [4.69, 9.17) is 0 Å². The standard InChI is InChI=1S/C20H23N3O2/c1-3-13-23(14-12-16-8-5-4-6-9-16)20(25)22-18-11-7-10-17(15-18)19(24)21-2/h3-11,15H,1,12-14H2,2H3,(H,21,24)(H,22,25). The first-order valence-corrected chi connectivity index (χ1v) is 8.17. The zero-order valence-electron chi connectivity index (χ0n) is 14.4. The zero-order chi connectivity index (χ0) is 18.1. The summed E-state index contributed by atoms with van der Waals surface area (Å²) < 4.78 is 0. The number of hydrogen-bond acceptors (Lipinski definition) is 2. The van der Waals surface area contributed by atoms with Gasteiger partial charge in [0.05, 0.1) is 0 Å². The van der Waals surface area contributed by atoms with Gasteiger partial charge in [0.2, 0.25) is 0 Å². The van der Waals surface area contributed by atoms with Gasteiger partial charge < -0.3 is 15.5 Å². The molecule has 0 aromatic heterocycles. The molecule has 0 spiro atoms. The number of carbonyl (C=O) groups excluding carboxylic acids is 2. The third-order valence-corrected chi connectivity index (χ3v) is 3.75. The molecule has 0 saturated heterocycles. The van der Waals surface area contributed by atoms with Crippen LogP contribution in [-0.4, -0.2) is 37.0 Å². The summed E-state index contributed by atoms with van der Waals surface area (Å²) in [6.07, 6.45) is 2.46. The summed E-state index contributed by atoms with van der Waals surface area (Å²) in [5, 5.41) is 5.41. The molecule has 0 saturated carbocycles. The lowest BCUT2D eigenvalue weighted by Crippen LogP contribution is -2.36. The number of hydrogen-bond donors (Lipinski definition) is 2. The van der Waals surface area contributed by atoms with Crippen LogP contribution in [-0.2, 0) is 6.42 Å². The first kappa shape index (κ1) is 18.3. The Balaban J connectivity index is 2.02. The van der Waals surface area contributed by atoms with Gasteiger partial charge >= 0.3 is 6.03 Å². The smallest absolute Gasteiger partial charge is 0.322 e. The van der Waals surface area contributed by atoms with E-state index in [0.29, 0.717) is 24.3 Å². The van der Waals surface area contributed by atoms with Gasteiger partial charge in [-0.05, 0) is 30.2 Å². The van der Waals surface area contributed by atoms with Crippen molar-refractivity contribution in [2.24, 2.45) is 0 Å². The number of anilines is 1. The van der Waals surface area contributed by atoms with Crippen molar-refractivity contribution in [3.8, 4) is 0 Å². The summed E-state index contributed by atoms with van der Waals surface area (Å²) in [5.41, 5.74) is 2.26. The van der Waals surface area contributed by atoms with Crippen LogP contribution in [0.15, 0.2) is 67.3 Å². The topological polar surface area (TPSA) is 61.4 Å². The van der Waals surface area contributed by atoms with Crippen LogP contribution in [0.1, 0.15) is 15.9 Å². The van der Waals surface area contributed by atoms with Gasteiger partial charge in [0.25, 0.3) is 5.91 Å². The minimum absolute atomic E-state index is 0.192. The summed E-state index contributed by atoms with van der Waals surface area (Å²) in [5.74, 6) is -0.192. The van der Waals surface area contributed by atoms with Gasteiger partial charge in [0.15, 0.2) is 0 Å². The van der Waals surface area contributed by atoms with Crippen molar-refractivity contribution in [1.82, 2.24) is 10.2 Å². The van der Waals surface area contributed by atoms with Gasteiger partial charge in [0.1, 0.15) is 0 Å². The Morgan fingerprint density at radius 2 is 1.88 bits per heavy atom. The molecule has 0 unspecified atom stereocenters. The molecule has 0 aliphatic carbocycles. The number of carbonyl (C=O) groups is 2. The second-order valence-electron chi connectivity index (χ2n) is 5.56. The van der Waals surface area contributed by atoms with E-state index >= 15 is 0 Å². The number of urea groups is 1. The van der Waals surface area contributed by atoms with Crippen molar-refractivity contribution < 1.29 is 9.59 Å². The molecule has 0 aliphatic heterocycles. The van der Waals surface area contributed by atoms with Crippen molar-refractivity contribution in [2.75, 3.05) is 25.5 Å². The van der Waals surface area contributed by atoms with Gasteiger partial charge in [-0.15, -0.1) is 6.58 Å². The molecular weight excluding hydrogens is 314 g/mol. The van der Waals surface area contributed by atoms with Crippen LogP contribution in [0.4, 0.5) is 10.5 Å². The van der Waals surface area contributed by atoms with E-state index in [9.17, 15) is 9.59 Å². The molecule has 130 valence electrons. The van der Waals surface area contributed by atoms with E-state index in [2.05, 4.69) is 17.2 Å². The molecule has 0 bridgehead atoms. The highest BCUT2D eigenvalue weighted by Gasteiger charge is 2.13. The summed E-state index contributed by atoms with van der Waals surface area (Å²) in [4.78, 5) is 25.9. The summed E-state index contributed by atoms with van der Waals surface area (Å²) >= 11 is 0. The van der Waals surface area contributed by atoms with E-state index in [0.717, 1.165) is 6.42 Å². The zero-order valence-corrected chi connectivity index (χ0v) is 14.4. The van der Waals surface area contributed by atoms with Crippen molar-refractivity contribution in [2.45, 2.75) is 6.42 Å². The Labute approximate surface area is 148 Å². The Hall–Kier alpha value is -3.08. The van der Waals surface area contributed by atoms with E-state index in [-0.39, 0.29) is 11.9 Å². The highest BCUT2D eigenvalue weighted by atomic mass is 16.2. The van der Waals surface area contributed by atoms with Crippen molar-refractivity contribution >= 4 is 17.6 Å². The van der Waals surface area contributed by atoms with Crippen molar-refractivity contribution in [1.29, 1.82) is 0 Å². The van der Waals surface area contributed by atoms with Crippen LogP contribution in [0.5, 0.6) is 0 Å². The second-order valence-corrected chi connectivity index (χ2v) is 5.56. The van der Waals surface area contributed by atoms with Crippen molar-refractivity contribution in [3.63, 3.8) is 0 Å². The predicted octanol–water partition coefficient (Wildman–Crippen LogP) is 3.31. The van der Waals surface area contributed by atoms with Crippen molar-refractivity contribution in [3.05, 3.63) is 78.4 Å². The average molecular weight is 337 g/mol. The maximum atomic E-state index is 12.5. The van der Waals surface area contributed by atoms with Gasteiger partial charge in [-0.25, -0.2) is 4.79 Å². The molecule has 0 aliphatic rings. The fourth-order valence-electron chi connectivity index (χ4n) is 2.43. The van der Waals surface area contributed by atoms with E-state index < -0.39 is 0 Å². The highest BCUT2D eigenvalue weighted by Crippen LogP contribution is 2.12. The van der Waals surface area contributed by atoms with Gasteiger partial charge in [-0.3, -0.25) is 4.79 Å². The molecule has 0 atom stereocenters. The lowest BCUT2D eigenvalue weighted by Gasteiger charge is -2.22. The Bertz CT molecular complexity index is 729. The fourth-order valence-corrected chi connectivity index (χ4v) is 2.43. The number of nitrogens with one attached hydrogen (secondary N) is 2.